The second-order valence-electron chi connectivity index (χ2n) is 9.07. The van der Waals surface area contributed by atoms with E-state index in [2.05, 4.69) is 10.6 Å². The lowest BCUT2D eigenvalue weighted by Crippen LogP contribution is -2.30. The molecule has 4 amide bonds. The summed E-state index contributed by atoms with van der Waals surface area (Å²) >= 11 is 1.31. The Morgan fingerprint density at radius 2 is 1.45 bits per heavy atom. The smallest absolute Gasteiger partial charge is 0.272 e. The van der Waals surface area contributed by atoms with Crippen LogP contribution in [0.4, 0.5) is 5.69 Å². The van der Waals surface area contributed by atoms with Gasteiger partial charge in [-0.2, -0.15) is 0 Å². The van der Waals surface area contributed by atoms with Crippen molar-refractivity contribution < 1.29 is 19.2 Å². The molecule has 0 saturated carbocycles. The van der Waals surface area contributed by atoms with E-state index in [0.717, 1.165) is 16.0 Å². The molecule has 4 aromatic rings. The minimum atomic E-state index is -0.491. The van der Waals surface area contributed by atoms with Crippen LogP contribution in [0.25, 0.3) is 6.08 Å². The second-order valence-corrected chi connectivity index (χ2v) is 10.1. The predicted molar refractivity (Wildman–Crippen MR) is 156 cm³/mol. The molecule has 0 saturated heterocycles. The van der Waals surface area contributed by atoms with E-state index >= 15 is 0 Å². The fourth-order valence-corrected chi connectivity index (χ4v) is 5.10. The molecule has 1 aliphatic rings. The summed E-state index contributed by atoms with van der Waals surface area (Å²) in [6.45, 7) is 1.93. The molecule has 0 spiro atoms. The number of imide groups is 1. The molecule has 7 nitrogen and oxygen atoms in total. The Bertz CT molecular complexity index is 1610. The van der Waals surface area contributed by atoms with Crippen LogP contribution in [0.2, 0.25) is 0 Å². The lowest BCUT2D eigenvalue weighted by Gasteiger charge is -2.14. The van der Waals surface area contributed by atoms with E-state index in [0.29, 0.717) is 22.4 Å². The Kier molecular flexibility index (Phi) is 7.89. The van der Waals surface area contributed by atoms with Crippen LogP contribution >= 0.6 is 11.8 Å². The zero-order valence-electron chi connectivity index (χ0n) is 21.6. The number of aryl methyl sites for hydroxylation is 1. The van der Waals surface area contributed by atoms with Crippen LogP contribution in [0, 0.1) is 6.92 Å². The molecule has 5 rings (SSSR count). The van der Waals surface area contributed by atoms with Crippen LogP contribution in [0.15, 0.2) is 114 Å². The van der Waals surface area contributed by atoms with E-state index in [9.17, 15) is 19.2 Å². The summed E-state index contributed by atoms with van der Waals surface area (Å²) < 4.78 is 0. The SMILES string of the molecule is Cc1ccccc1/C=C(\NC(=O)c1ccccc1)C(=O)Nc1cccc(SCN2C(=O)c3ccccc3C2=O)c1. The van der Waals surface area contributed by atoms with Crippen molar-refractivity contribution in [2.45, 2.75) is 11.8 Å². The van der Waals surface area contributed by atoms with Gasteiger partial charge in [0.1, 0.15) is 5.70 Å². The molecule has 0 radical (unpaired) electrons. The van der Waals surface area contributed by atoms with Gasteiger partial charge in [0, 0.05) is 16.1 Å². The van der Waals surface area contributed by atoms with Gasteiger partial charge in [0.15, 0.2) is 0 Å². The third-order valence-electron chi connectivity index (χ3n) is 6.35. The van der Waals surface area contributed by atoms with E-state index in [-0.39, 0.29) is 23.4 Å². The number of nitrogens with one attached hydrogen (secondary N) is 2. The van der Waals surface area contributed by atoms with Gasteiger partial charge in [0.05, 0.1) is 17.0 Å². The van der Waals surface area contributed by atoms with Crippen molar-refractivity contribution in [2.24, 2.45) is 0 Å². The normalized spacial score (nSPS) is 12.7. The van der Waals surface area contributed by atoms with Gasteiger partial charge in [-0.15, -0.1) is 11.8 Å². The summed E-state index contributed by atoms with van der Waals surface area (Å²) in [7, 11) is 0. The fraction of sp³-hybridized carbons (Fsp3) is 0.0625. The van der Waals surface area contributed by atoms with E-state index < -0.39 is 11.8 Å². The lowest BCUT2D eigenvalue weighted by atomic mass is 10.1. The maximum absolute atomic E-state index is 13.4. The first kappa shape index (κ1) is 26.6. The Balaban J connectivity index is 1.31. The summed E-state index contributed by atoms with van der Waals surface area (Å²) in [5.74, 6) is -1.40. The van der Waals surface area contributed by atoms with E-state index in [1.165, 1.54) is 16.7 Å². The molecule has 40 heavy (non-hydrogen) atoms. The zero-order chi connectivity index (χ0) is 28.1. The number of carbonyl (C=O) groups excluding carboxylic acids is 4. The predicted octanol–water partition coefficient (Wildman–Crippen LogP) is 5.75. The lowest BCUT2D eigenvalue weighted by molar-refractivity contribution is -0.113. The van der Waals surface area contributed by atoms with Gasteiger partial charge in [0.25, 0.3) is 23.6 Å². The highest BCUT2D eigenvalue weighted by Gasteiger charge is 2.34. The Morgan fingerprint density at radius 1 is 0.800 bits per heavy atom. The number of hydrogen-bond donors (Lipinski definition) is 2. The quantitative estimate of drug-likeness (QED) is 0.166. The van der Waals surface area contributed by atoms with E-state index in [4.69, 9.17) is 0 Å². The Labute approximate surface area is 235 Å². The van der Waals surface area contributed by atoms with Gasteiger partial charge >= 0.3 is 0 Å². The molecule has 0 fully saturated rings. The molecular formula is C32H25N3O4S. The Hall–Kier alpha value is -4.95. The number of carbonyl (C=O) groups is 4. The molecule has 0 aromatic heterocycles. The number of thioether (sulfide) groups is 1. The molecular weight excluding hydrogens is 522 g/mol. The number of rotatable bonds is 8. The summed E-state index contributed by atoms with van der Waals surface area (Å²) in [6, 6.07) is 30.1. The molecule has 0 bridgehead atoms. The summed E-state index contributed by atoms with van der Waals surface area (Å²) in [5, 5.41) is 5.60. The van der Waals surface area contributed by atoms with Crippen molar-refractivity contribution in [1.29, 1.82) is 0 Å². The van der Waals surface area contributed by atoms with Crippen molar-refractivity contribution in [3.8, 4) is 0 Å². The maximum Gasteiger partial charge on any atom is 0.272 e. The Morgan fingerprint density at radius 3 is 2.15 bits per heavy atom. The van der Waals surface area contributed by atoms with Gasteiger partial charge in [-0.3, -0.25) is 24.1 Å². The number of benzene rings is 4. The molecule has 8 heteroatoms. The standard InChI is InChI=1S/C32H25N3O4S/c1-21-10-5-6-13-23(21)18-28(34-29(36)22-11-3-2-4-12-22)30(37)33-24-14-9-15-25(19-24)40-20-35-31(38)26-16-7-8-17-27(26)32(35)39/h2-19H,20H2,1H3,(H,33,37)(H,34,36)/b28-18-. The molecule has 0 aliphatic carbocycles. The third-order valence-corrected chi connectivity index (χ3v) is 7.32. The van der Waals surface area contributed by atoms with Crippen molar-refractivity contribution in [3.63, 3.8) is 0 Å². The molecule has 0 atom stereocenters. The van der Waals surface area contributed by atoms with Crippen LogP contribution < -0.4 is 10.6 Å². The van der Waals surface area contributed by atoms with Gasteiger partial charge < -0.3 is 10.6 Å². The van der Waals surface area contributed by atoms with Crippen LogP contribution in [-0.2, 0) is 4.79 Å². The van der Waals surface area contributed by atoms with E-state index in [1.54, 1.807) is 72.8 Å². The number of fused-ring (bicyclic) bond motifs is 1. The molecule has 1 aliphatic heterocycles. The average Bonchev–Trinajstić information content (AvgIpc) is 3.22. The van der Waals surface area contributed by atoms with Gasteiger partial charge in [-0.05, 0) is 66.6 Å². The van der Waals surface area contributed by atoms with Gasteiger partial charge in [-0.25, -0.2) is 0 Å². The first-order chi connectivity index (χ1) is 19.4. The van der Waals surface area contributed by atoms with Crippen molar-refractivity contribution in [2.75, 3.05) is 11.2 Å². The summed E-state index contributed by atoms with van der Waals surface area (Å²) in [5.41, 5.74) is 3.57. The minimum absolute atomic E-state index is 0.0900. The second kappa shape index (κ2) is 11.8. The van der Waals surface area contributed by atoms with Crippen LogP contribution in [0.1, 0.15) is 42.2 Å². The van der Waals surface area contributed by atoms with Crippen LogP contribution in [0.3, 0.4) is 0 Å². The highest BCUT2D eigenvalue weighted by molar-refractivity contribution is 7.99. The van der Waals surface area contributed by atoms with Crippen molar-refractivity contribution in [1.82, 2.24) is 10.2 Å². The number of amides is 4. The fourth-order valence-electron chi connectivity index (χ4n) is 4.20. The first-order valence-electron chi connectivity index (χ1n) is 12.5. The average molecular weight is 548 g/mol. The van der Waals surface area contributed by atoms with Crippen LogP contribution in [0.5, 0.6) is 0 Å². The van der Waals surface area contributed by atoms with Gasteiger partial charge in [-0.1, -0.05) is 60.7 Å². The molecule has 0 unspecified atom stereocenters. The first-order valence-corrected chi connectivity index (χ1v) is 13.5. The topological polar surface area (TPSA) is 95.6 Å². The number of nitrogens with zero attached hydrogens (tertiary/aromatic N) is 1. The minimum Gasteiger partial charge on any atom is -0.321 e. The molecule has 1 heterocycles. The monoisotopic (exact) mass is 547 g/mol. The highest BCUT2D eigenvalue weighted by Crippen LogP contribution is 2.28. The highest BCUT2D eigenvalue weighted by atomic mass is 32.2. The number of hydrogen-bond acceptors (Lipinski definition) is 5. The molecule has 4 aromatic carbocycles. The van der Waals surface area contributed by atoms with E-state index in [1.807, 2.05) is 43.3 Å². The molecule has 198 valence electrons. The van der Waals surface area contributed by atoms with Crippen molar-refractivity contribution in [3.05, 3.63) is 137 Å². The summed E-state index contributed by atoms with van der Waals surface area (Å²) in [4.78, 5) is 53.6. The van der Waals surface area contributed by atoms with Crippen molar-refractivity contribution >= 4 is 47.2 Å². The largest absolute Gasteiger partial charge is 0.321 e. The maximum atomic E-state index is 13.4. The zero-order valence-corrected chi connectivity index (χ0v) is 22.4. The molecule has 2 N–H and O–H groups in total. The summed E-state index contributed by atoms with van der Waals surface area (Å²) in [6.07, 6.45) is 1.65. The van der Waals surface area contributed by atoms with Crippen LogP contribution in [-0.4, -0.2) is 34.4 Å². The van der Waals surface area contributed by atoms with Gasteiger partial charge in [0.2, 0.25) is 0 Å². The number of anilines is 1. The third kappa shape index (κ3) is 5.87.